The molecule has 0 spiro atoms. The summed E-state index contributed by atoms with van der Waals surface area (Å²) in [5, 5.41) is 11.0. The van der Waals surface area contributed by atoms with Crippen molar-refractivity contribution in [3.8, 4) is 0 Å². The molecule has 0 aromatic heterocycles. The van der Waals surface area contributed by atoms with Gasteiger partial charge >= 0.3 is 5.97 Å². The van der Waals surface area contributed by atoms with Crippen LogP contribution in [0, 0.1) is 10.1 Å². The largest absolute Gasteiger partial charge is 0.462 e. The second kappa shape index (κ2) is 10.8. The smallest absolute Gasteiger partial charge is 0.332 e. The van der Waals surface area contributed by atoms with E-state index in [1.54, 1.807) is 24.3 Å². The minimum absolute atomic E-state index is 0.0968. The minimum Gasteiger partial charge on any atom is -0.462 e. The summed E-state index contributed by atoms with van der Waals surface area (Å²) in [5.74, 6) is -0.686. The van der Waals surface area contributed by atoms with Gasteiger partial charge in [0.05, 0.1) is 22.1 Å². The number of nitrogens with zero attached hydrogens (tertiary/aromatic N) is 2. The second-order valence-corrected chi connectivity index (χ2v) is 9.29. The van der Waals surface area contributed by atoms with Gasteiger partial charge in [-0.05, 0) is 24.1 Å². The average Bonchev–Trinajstić information content (AvgIpc) is 3.15. The summed E-state index contributed by atoms with van der Waals surface area (Å²) in [4.78, 5) is 22.8. The van der Waals surface area contributed by atoms with E-state index >= 15 is 0 Å². The molecular formula is C23H26N2O8S. The van der Waals surface area contributed by atoms with Gasteiger partial charge in [-0.2, -0.15) is 0 Å². The molecular weight excluding hydrogens is 464 g/mol. The van der Waals surface area contributed by atoms with Gasteiger partial charge in [0.2, 0.25) is 0 Å². The molecule has 0 saturated heterocycles. The number of carbonyl (C=O) groups is 1. The SMILES string of the molecule is CCCCOC(=O)/C=C1\c2ccccc2C(C(OC)OC)N1S(=O)(=O)c1ccc([N+](=O)[O-])cc1. The Morgan fingerprint density at radius 1 is 1.15 bits per heavy atom. The number of hydrogen-bond donors (Lipinski definition) is 0. The van der Waals surface area contributed by atoms with Crippen LogP contribution < -0.4 is 0 Å². The molecule has 2 aromatic carbocycles. The predicted octanol–water partition coefficient (Wildman–Crippen LogP) is 3.64. The second-order valence-electron chi connectivity index (χ2n) is 7.47. The molecule has 1 heterocycles. The first-order valence-electron chi connectivity index (χ1n) is 10.6. The van der Waals surface area contributed by atoms with E-state index in [-0.39, 0.29) is 22.9 Å². The van der Waals surface area contributed by atoms with Crippen LogP contribution in [0.25, 0.3) is 5.70 Å². The molecule has 1 unspecified atom stereocenters. The van der Waals surface area contributed by atoms with Crippen LogP contribution in [0.2, 0.25) is 0 Å². The summed E-state index contributed by atoms with van der Waals surface area (Å²) < 4.78 is 44.8. The summed E-state index contributed by atoms with van der Waals surface area (Å²) >= 11 is 0. The fraction of sp³-hybridized carbons (Fsp3) is 0.348. The zero-order valence-corrected chi connectivity index (χ0v) is 19.9. The fourth-order valence-corrected chi connectivity index (χ4v) is 5.37. The van der Waals surface area contributed by atoms with Gasteiger partial charge in [-0.25, -0.2) is 13.2 Å². The number of ether oxygens (including phenoxy) is 3. The molecule has 0 bridgehead atoms. The number of fused-ring (bicyclic) bond motifs is 1. The zero-order valence-electron chi connectivity index (χ0n) is 19.0. The van der Waals surface area contributed by atoms with Crippen molar-refractivity contribution in [2.24, 2.45) is 0 Å². The van der Waals surface area contributed by atoms with Crippen molar-refractivity contribution >= 4 is 27.4 Å². The summed E-state index contributed by atoms with van der Waals surface area (Å²) in [6, 6.07) is 10.5. The van der Waals surface area contributed by atoms with E-state index in [4.69, 9.17) is 14.2 Å². The van der Waals surface area contributed by atoms with Crippen molar-refractivity contribution in [2.75, 3.05) is 20.8 Å². The average molecular weight is 491 g/mol. The van der Waals surface area contributed by atoms with Gasteiger partial charge in [-0.1, -0.05) is 37.6 Å². The Bertz CT molecular complexity index is 1170. The van der Waals surface area contributed by atoms with Crippen LogP contribution in [0.1, 0.15) is 36.9 Å². The van der Waals surface area contributed by atoms with Gasteiger partial charge in [0.25, 0.3) is 15.7 Å². The number of methoxy groups -OCH3 is 2. The lowest BCUT2D eigenvalue weighted by Crippen LogP contribution is -2.37. The maximum Gasteiger partial charge on any atom is 0.332 e. The maximum atomic E-state index is 13.8. The Balaban J connectivity index is 2.17. The molecule has 0 radical (unpaired) electrons. The van der Waals surface area contributed by atoms with Crippen molar-refractivity contribution in [3.05, 3.63) is 75.8 Å². The molecule has 10 nitrogen and oxygen atoms in total. The normalized spacial score (nSPS) is 16.6. The minimum atomic E-state index is -4.31. The lowest BCUT2D eigenvalue weighted by molar-refractivity contribution is -0.384. The molecule has 3 rings (SSSR count). The Morgan fingerprint density at radius 3 is 2.38 bits per heavy atom. The Labute approximate surface area is 197 Å². The van der Waals surface area contributed by atoms with Gasteiger partial charge in [0.1, 0.15) is 6.04 Å². The van der Waals surface area contributed by atoms with Crippen LogP contribution in [0.3, 0.4) is 0 Å². The molecule has 34 heavy (non-hydrogen) atoms. The molecule has 0 saturated carbocycles. The van der Waals surface area contributed by atoms with Gasteiger partial charge in [0.15, 0.2) is 6.29 Å². The fourth-order valence-electron chi connectivity index (χ4n) is 3.74. The highest BCUT2D eigenvalue weighted by molar-refractivity contribution is 7.89. The van der Waals surface area contributed by atoms with Crippen molar-refractivity contribution < 1.29 is 32.3 Å². The molecule has 2 aromatic rings. The number of benzene rings is 2. The van der Waals surface area contributed by atoms with E-state index < -0.39 is 33.2 Å². The first-order chi connectivity index (χ1) is 16.3. The molecule has 1 atom stereocenters. The number of carbonyl (C=O) groups excluding carboxylic acids is 1. The van der Waals surface area contributed by atoms with Crippen LogP contribution in [0.4, 0.5) is 5.69 Å². The molecule has 11 heteroatoms. The van der Waals surface area contributed by atoms with Crippen LogP contribution in [0.5, 0.6) is 0 Å². The van der Waals surface area contributed by atoms with Gasteiger partial charge in [0, 0.05) is 38.0 Å². The van der Waals surface area contributed by atoms with Crippen LogP contribution in [-0.4, -0.2) is 50.7 Å². The highest BCUT2D eigenvalue weighted by Crippen LogP contribution is 2.47. The summed E-state index contributed by atoms with van der Waals surface area (Å²) in [6.45, 7) is 2.16. The molecule has 0 fully saturated rings. The lowest BCUT2D eigenvalue weighted by atomic mass is 10.0. The monoisotopic (exact) mass is 490 g/mol. The number of esters is 1. The van der Waals surface area contributed by atoms with Crippen LogP contribution in [-0.2, 0) is 29.0 Å². The number of hydrogen-bond acceptors (Lipinski definition) is 8. The Morgan fingerprint density at radius 2 is 1.79 bits per heavy atom. The van der Waals surface area contributed by atoms with Crippen LogP contribution in [0.15, 0.2) is 59.5 Å². The number of nitro groups is 1. The summed E-state index contributed by atoms with van der Waals surface area (Å²) in [5.41, 5.74) is 0.931. The standard InChI is InChI=1S/C23H26N2O8S/c1-4-5-14-33-21(26)15-20-18-8-6-7-9-19(18)22(23(31-2)32-3)24(20)34(29,30)17-12-10-16(11-13-17)25(27)28/h6-13,15,22-23H,4-5,14H2,1-3H3/b20-15+. The first-order valence-corrected chi connectivity index (χ1v) is 12.0. The lowest BCUT2D eigenvalue weighted by Gasteiger charge is -2.31. The van der Waals surface area contributed by atoms with Crippen molar-refractivity contribution in [2.45, 2.75) is 37.0 Å². The Kier molecular flexibility index (Phi) is 8.02. The number of rotatable bonds is 10. The summed E-state index contributed by atoms with van der Waals surface area (Å²) in [6.07, 6.45) is 1.64. The number of unbranched alkanes of at least 4 members (excludes halogenated alkanes) is 1. The van der Waals surface area contributed by atoms with Crippen molar-refractivity contribution in [1.29, 1.82) is 0 Å². The van der Waals surface area contributed by atoms with E-state index in [0.717, 1.165) is 41.1 Å². The predicted molar refractivity (Wildman–Crippen MR) is 123 cm³/mol. The highest BCUT2D eigenvalue weighted by Gasteiger charge is 2.46. The zero-order chi connectivity index (χ0) is 24.9. The molecule has 0 aliphatic carbocycles. The molecule has 1 aliphatic heterocycles. The highest BCUT2D eigenvalue weighted by atomic mass is 32.2. The third-order valence-corrected chi connectivity index (χ3v) is 7.18. The molecule has 0 N–H and O–H groups in total. The van der Waals surface area contributed by atoms with Gasteiger partial charge in [-0.15, -0.1) is 0 Å². The topological polar surface area (TPSA) is 125 Å². The molecule has 1 aliphatic rings. The van der Waals surface area contributed by atoms with E-state index in [2.05, 4.69) is 0 Å². The van der Waals surface area contributed by atoms with E-state index in [0.29, 0.717) is 17.5 Å². The quantitative estimate of drug-likeness (QED) is 0.123. The third kappa shape index (κ3) is 4.96. The van der Waals surface area contributed by atoms with Crippen molar-refractivity contribution in [3.63, 3.8) is 0 Å². The number of sulfonamides is 1. The Hall–Kier alpha value is -3.28. The van der Waals surface area contributed by atoms with Gasteiger partial charge < -0.3 is 14.2 Å². The van der Waals surface area contributed by atoms with E-state index in [1.807, 2.05) is 6.92 Å². The van der Waals surface area contributed by atoms with Crippen molar-refractivity contribution in [1.82, 2.24) is 4.31 Å². The van der Waals surface area contributed by atoms with Crippen LogP contribution >= 0.6 is 0 Å². The number of nitro benzene ring substituents is 1. The van der Waals surface area contributed by atoms with E-state index in [9.17, 15) is 23.3 Å². The third-order valence-electron chi connectivity index (χ3n) is 5.37. The van der Waals surface area contributed by atoms with Gasteiger partial charge in [-0.3, -0.25) is 14.4 Å². The van der Waals surface area contributed by atoms with E-state index in [1.165, 1.54) is 14.2 Å². The summed E-state index contributed by atoms with van der Waals surface area (Å²) in [7, 11) is -1.54. The molecule has 182 valence electrons. The number of non-ortho nitro benzene ring substituents is 1. The first kappa shape index (κ1) is 25.3. The maximum absolute atomic E-state index is 13.8. The molecule has 0 amide bonds.